The lowest BCUT2D eigenvalue weighted by Gasteiger charge is -2.06. The molecule has 0 saturated carbocycles. The number of hydrogen-bond acceptors (Lipinski definition) is 3. The Morgan fingerprint density at radius 2 is 2.13 bits per heavy atom. The van der Waals surface area contributed by atoms with E-state index in [0.29, 0.717) is 0 Å². The van der Waals surface area contributed by atoms with Crippen molar-refractivity contribution in [2.75, 3.05) is 27.2 Å². The molecule has 0 aromatic heterocycles. The van der Waals surface area contributed by atoms with Crippen LogP contribution in [0.4, 0.5) is 0 Å². The van der Waals surface area contributed by atoms with Crippen LogP contribution < -0.4 is 15.4 Å². The van der Waals surface area contributed by atoms with Crippen LogP contribution in [0.5, 0.6) is 5.75 Å². The van der Waals surface area contributed by atoms with Gasteiger partial charge in [-0.2, -0.15) is 0 Å². The Kier molecular flexibility index (Phi) is 5.81. The molecule has 3 nitrogen and oxygen atoms in total. The van der Waals surface area contributed by atoms with E-state index in [4.69, 9.17) is 4.74 Å². The summed E-state index contributed by atoms with van der Waals surface area (Å²) in [6.45, 7) is 3.00. The average Bonchev–Trinajstić information content (AvgIpc) is 2.29. The molecule has 0 atom stereocenters. The Hall–Kier alpha value is -1.06. The fraction of sp³-hybridized carbons (Fsp3) is 0.500. The molecule has 15 heavy (non-hydrogen) atoms. The van der Waals surface area contributed by atoms with Crippen molar-refractivity contribution in [3.05, 3.63) is 29.8 Å². The summed E-state index contributed by atoms with van der Waals surface area (Å²) in [5.74, 6) is 0.921. The van der Waals surface area contributed by atoms with E-state index in [1.807, 2.05) is 19.2 Å². The van der Waals surface area contributed by atoms with Gasteiger partial charge in [0.05, 0.1) is 7.11 Å². The minimum absolute atomic E-state index is 0.904. The molecule has 84 valence electrons. The predicted octanol–water partition coefficient (Wildman–Crippen LogP) is 1.39. The van der Waals surface area contributed by atoms with E-state index >= 15 is 0 Å². The Bertz CT molecular complexity index is 276. The topological polar surface area (TPSA) is 33.3 Å². The van der Waals surface area contributed by atoms with Crippen LogP contribution in [0.2, 0.25) is 0 Å². The number of rotatable bonds is 7. The monoisotopic (exact) mass is 208 g/mol. The maximum atomic E-state index is 5.16. The highest BCUT2D eigenvalue weighted by atomic mass is 16.5. The molecular weight excluding hydrogens is 188 g/mol. The molecule has 1 aromatic rings. The summed E-state index contributed by atoms with van der Waals surface area (Å²) < 4.78 is 5.16. The molecule has 0 aliphatic heterocycles. The average molecular weight is 208 g/mol. The van der Waals surface area contributed by atoms with Crippen LogP contribution in [0.3, 0.4) is 0 Å². The lowest BCUT2D eigenvalue weighted by molar-refractivity contribution is 0.414. The van der Waals surface area contributed by atoms with Gasteiger partial charge in [0.15, 0.2) is 0 Å². The van der Waals surface area contributed by atoms with Gasteiger partial charge in [-0.05, 0) is 44.3 Å². The van der Waals surface area contributed by atoms with Crippen molar-refractivity contribution < 1.29 is 4.74 Å². The van der Waals surface area contributed by atoms with E-state index in [0.717, 1.165) is 31.8 Å². The first-order chi connectivity index (χ1) is 7.36. The van der Waals surface area contributed by atoms with Gasteiger partial charge < -0.3 is 15.4 Å². The van der Waals surface area contributed by atoms with Crippen LogP contribution in [0.1, 0.15) is 12.0 Å². The summed E-state index contributed by atoms with van der Waals surface area (Å²) >= 11 is 0. The predicted molar refractivity (Wildman–Crippen MR) is 63.2 cm³/mol. The first-order valence-corrected chi connectivity index (χ1v) is 5.35. The van der Waals surface area contributed by atoms with Gasteiger partial charge in [-0.15, -0.1) is 0 Å². The Morgan fingerprint density at radius 3 is 2.87 bits per heavy atom. The third-order valence-electron chi connectivity index (χ3n) is 2.24. The molecule has 0 spiro atoms. The molecule has 2 N–H and O–H groups in total. The van der Waals surface area contributed by atoms with Gasteiger partial charge in [0.1, 0.15) is 5.75 Å². The van der Waals surface area contributed by atoms with Crippen LogP contribution in [0, 0.1) is 0 Å². The number of benzene rings is 1. The van der Waals surface area contributed by atoms with Gasteiger partial charge in [0, 0.05) is 6.54 Å². The molecule has 0 amide bonds. The molecule has 0 unspecified atom stereocenters. The van der Waals surface area contributed by atoms with Crippen LogP contribution in [0.25, 0.3) is 0 Å². The molecule has 0 saturated heterocycles. The first-order valence-electron chi connectivity index (χ1n) is 5.35. The summed E-state index contributed by atoms with van der Waals surface area (Å²) in [5, 5.41) is 6.52. The lowest BCUT2D eigenvalue weighted by Crippen LogP contribution is -2.19. The number of nitrogens with one attached hydrogen (secondary N) is 2. The van der Waals surface area contributed by atoms with Crippen molar-refractivity contribution in [2.45, 2.75) is 13.0 Å². The molecule has 0 radical (unpaired) electrons. The zero-order valence-electron chi connectivity index (χ0n) is 9.55. The zero-order valence-corrected chi connectivity index (χ0v) is 9.55. The quantitative estimate of drug-likeness (QED) is 0.664. The summed E-state index contributed by atoms with van der Waals surface area (Å²) in [5.41, 5.74) is 1.26. The molecule has 0 fully saturated rings. The SMILES string of the molecule is CNCCCNCc1cccc(OC)c1. The molecule has 0 heterocycles. The summed E-state index contributed by atoms with van der Waals surface area (Å²) in [6.07, 6.45) is 1.15. The molecule has 1 aromatic carbocycles. The van der Waals surface area contributed by atoms with Crippen LogP contribution in [-0.4, -0.2) is 27.2 Å². The Morgan fingerprint density at radius 1 is 1.27 bits per heavy atom. The fourth-order valence-electron chi connectivity index (χ4n) is 1.41. The van der Waals surface area contributed by atoms with E-state index in [1.54, 1.807) is 7.11 Å². The van der Waals surface area contributed by atoms with Gasteiger partial charge in [-0.25, -0.2) is 0 Å². The van der Waals surface area contributed by atoms with Crippen molar-refractivity contribution in [2.24, 2.45) is 0 Å². The largest absolute Gasteiger partial charge is 0.497 e. The fourth-order valence-corrected chi connectivity index (χ4v) is 1.41. The maximum absolute atomic E-state index is 5.16. The van der Waals surface area contributed by atoms with Crippen molar-refractivity contribution in [3.63, 3.8) is 0 Å². The van der Waals surface area contributed by atoms with Gasteiger partial charge >= 0.3 is 0 Å². The summed E-state index contributed by atoms with van der Waals surface area (Å²) in [6, 6.07) is 8.15. The highest BCUT2D eigenvalue weighted by molar-refractivity contribution is 5.28. The van der Waals surface area contributed by atoms with Crippen molar-refractivity contribution in [3.8, 4) is 5.75 Å². The van der Waals surface area contributed by atoms with E-state index in [2.05, 4.69) is 22.8 Å². The van der Waals surface area contributed by atoms with E-state index in [1.165, 1.54) is 5.56 Å². The molecule has 3 heteroatoms. The number of hydrogen-bond donors (Lipinski definition) is 2. The van der Waals surface area contributed by atoms with Gasteiger partial charge in [0.2, 0.25) is 0 Å². The van der Waals surface area contributed by atoms with Gasteiger partial charge in [-0.3, -0.25) is 0 Å². The van der Waals surface area contributed by atoms with Crippen molar-refractivity contribution >= 4 is 0 Å². The Labute approximate surface area is 91.8 Å². The number of ether oxygens (including phenoxy) is 1. The standard InChI is InChI=1S/C12H20N2O/c1-13-7-4-8-14-10-11-5-3-6-12(9-11)15-2/h3,5-6,9,13-14H,4,7-8,10H2,1-2H3. The smallest absolute Gasteiger partial charge is 0.119 e. The zero-order chi connectivity index (χ0) is 10.9. The van der Waals surface area contributed by atoms with E-state index in [9.17, 15) is 0 Å². The second-order valence-corrected chi connectivity index (χ2v) is 3.49. The van der Waals surface area contributed by atoms with Crippen LogP contribution >= 0.6 is 0 Å². The minimum atomic E-state index is 0.904. The third-order valence-corrected chi connectivity index (χ3v) is 2.24. The maximum Gasteiger partial charge on any atom is 0.119 e. The third kappa shape index (κ3) is 4.81. The van der Waals surface area contributed by atoms with E-state index < -0.39 is 0 Å². The Balaban J connectivity index is 2.24. The van der Waals surface area contributed by atoms with E-state index in [-0.39, 0.29) is 0 Å². The summed E-state index contributed by atoms with van der Waals surface area (Å²) in [7, 11) is 3.67. The highest BCUT2D eigenvalue weighted by Gasteiger charge is 1.94. The normalized spacial score (nSPS) is 10.3. The lowest BCUT2D eigenvalue weighted by atomic mass is 10.2. The molecule has 0 aliphatic carbocycles. The molecule has 1 rings (SSSR count). The minimum Gasteiger partial charge on any atom is -0.497 e. The van der Waals surface area contributed by atoms with Crippen molar-refractivity contribution in [1.29, 1.82) is 0 Å². The van der Waals surface area contributed by atoms with Gasteiger partial charge in [-0.1, -0.05) is 12.1 Å². The second kappa shape index (κ2) is 7.26. The molecule has 0 aliphatic rings. The van der Waals surface area contributed by atoms with Crippen molar-refractivity contribution in [1.82, 2.24) is 10.6 Å². The van der Waals surface area contributed by atoms with Crippen LogP contribution in [0.15, 0.2) is 24.3 Å². The molecule has 0 bridgehead atoms. The summed E-state index contributed by atoms with van der Waals surface area (Å²) in [4.78, 5) is 0. The van der Waals surface area contributed by atoms with Gasteiger partial charge in [0.25, 0.3) is 0 Å². The molecular formula is C12H20N2O. The number of methoxy groups -OCH3 is 1. The highest BCUT2D eigenvalue weighted by Crippen LogP contribution is 2.11. The first kappa shape index (κ1) is 12.0. The second-order valence-electron chi connectivity index (χ2n) is 3.49. The van der Waals surface area contributed by atoms with Crippen LogP contribution in [-0.2, 0) is 6.54 Å².